The van der Waals surface area contributed by atoms with E-state index in [1.54, 1.807) is 29.2 Å². The molecule has 5 aliphatic rings. The molecule has 2 aromatic carbocycles. The summed E-state index contributed by atoms with van der Waals surface area (Å²) >= 11 is 0. The van der Waals surface area contributed by atoms with Gasteiger partial charge in [-0.15, -0.1) is 6.42 Å². The van der Waals surface area contributed by atoms with Crippen LogP contribution in [0.1, 0.15) is 37.7 Å². The molecule has 9 rings (SSSR count). The summed E-state index contributed by atoms with van der Waals surface area (Å²) < 4.78 is 64.5. The molecule has 10 nitrogen and oxygen atoms in total. The van der Waals surface area contributed by atoms with E-state index in [1.807, 2.05) is 4.90 Å². The van der Waals surface area contributed by atoms with E-state index in [-0.39, 0.29) is 71.0 Å². The number of alkyl halides is 1. The molecule has 4 saturated heterocycles. The highest BCUT2D eigenvalue weighted by atomic mass is 19.1. The number of anilines is 1. The molecule has 0 spiro atoms. The topological polar surface area (TPSA) is 93.2 Å². The number of amides is 1. The zero-order chi connectivity index (χ0) is 33.6. The van der Waals surface area contributed by atoms with Crippen LogP contribution >= 0.6 is 0 Å². The Bertz CT molecular complexity index is 2090. The van der Waals surface area contributed by atoms with Crippen molar-refractivity contribution < 1.29 is 32.2 Å². The van der Waals surface area contributed by atoms with Gasteiger partial charge in [0.25, 0.3) is 0 Å². The fourth-order valence-electron chi connectivity index (χ4n) is 9.04. The molecule has 0 aliphatic carbocycles. The number of terminal acetylenes is 1. The maximum atomic E-state index is 17.1. The van der Waals surface area contributed by atoms with Crippen LogP contribution in [-0.2, 0) is 4.74 Å². The van der Waals surface area contributed by atoms with Gasteiger partial charge in [-0.25, -0.2) is 22.9 Å². The minimum absolute atomic E-state index is 0.00672. The second-order valence-electron chi connectivity index (χ2n) is 13.7. The predicted octanol–water partition coefficient (Wildman–Crippen LogP) is 5.24. The van der Waals surface area contributed by atoms with Gasteiger partial charge >= 0.3 is 12.1 Å². The van der Waals surface area contributed by atoms with E-state index in [2.05, 4.69) is 15.8 Å². The number of rotatable bonds is 4. The van der Waals surface area contributed by atoms with E-state index in [4.69, 9.17) is 30.6 Å². The molecular weight excluding hydrogens is 637 g/mol. The Hall–Kier alpha value is -4.83. The Labute approximate surface area is 280 Å². The lowest BCUT2D eigenvalue weighted by Crippen LogP contribution is -2.63. The predicted molar refractivity (Wildman–Crippen MR) is 174 cm³/mol. The van der Waals surface area contributed by atoms with Crippen molar-refractivity contribution in [2.75, 3.05) is 44.9 Å². The van der Waals surface area contributed by atoms with Gasteiger partial charge in [-0.3, -0.25) is 9.80 Å². The molecule has 252 valence electrons. The average Bonchev–Trinajstić information content (AvgIpc) is 3.71. The van der Waals surface area contributed by atoms with Gasteiger partial charge in [-0.2, -0.15) is 9.97 Å². The van der Waals surface area contributed by atoms with Gasteiger partial charge in [0.1, 0.15) is 47.6 Å². The molecular formula is C36H33F3N6O4. The third-order valence-corrected chi connectivity index (χ3v) is 11.2. The Balaban J connectivity index is 1.22. The molecule has 0 radical (unpaired) electrons. The molecule has 1 amide bonds. The summed E-state index contributed by atoms with van der Waals surface area (Å²) in [5.74, 6) is 1.54. The molecule has 49 heavy (non-hydrogen) atoms. The number of carbonyl (C=O) groups excluding carboxylic acids is 1. The Morgan fingerprint density at radius 3 is 2.84 bits per heavy atom. The number of piperazine rings is 1. The van der Waals surface area contributed by atoms with E-state index < -0.39 is 29.4 Å². The molecule has 13 heteroatoms. The highest BCUT2D eigenvalue weighted by Gasteiger charge is 2.52. The normalized spacial score (nSPS) is 27.1. The minimum atomic E-state index is -0.947. The van der Waals surface area contributed by atoms with Gasteiger partial charge < -0.3 is 19.1 Å². The molecule has 0 N–H and O–H groups in total. The second-order valence-corrected chi connectivity index (χ2v) is 13.7. The first-order valence-corrected chi connectivity index (χ1v) is 16.7. The summed E-state index contributed by atoms with van der Waals surface area (Å²) in [4.78, 5) is 33.0. The maximum Gasteiger partial charge on any atom is 0.410 e. The van der Waals surface area contributed by atoms with Crippen LogP contribution in [0.25, 0.3) is 32.9 Å². The maximum absolute atomic E-state index is 17.1. The smallest absolute Gasteiger partial charge is 0.410 e. The van der Waals surface area contributed by atoms with Crippen LogP contribution in [0.4, 0.5) is 23.8 Å². The zero-order valence-electron chi connectivity index (χ0n) is 26.8. The van der Waals surface area contributed by atoms with E-state index in [0.717, 1.165) is 32.2 Å². The van der Waals surface area contributed by atoms with Crippen molar-refractivity contribution in [1.82, 2.24) is 24.8 Å². The van der Waals surface area contributed by atoms with Gasteiger partial charge in [-0.1, -0.05) is 30.2 Å². The van der Waals surface area contributed by atoms with Gasteiger partial charge in [0.15, 0.2) is 5.82 Å². The lowest BCUT2D eigenvalue weighted by molar-refractivity contribution is 0.0766. The first-order valence-electron chi connectivity index (χ1n) is 16.7. The number of fused-ring (bicyclic) bond motifs is 7. The van der Waals surface area contributed by atoms with Gasteiger partial charge in [0.2, 0.25) is 5.88 Å². The van der Waals surface area contributed by atoms with E-state index >= 15 is 4.39 Å². The molecule has 5 aliphatic heterocycles. The van der Waals surface area contributed by atoms with E-state index in [0.29, 0.717) is 36.1 Å². The number of ether oxygens (including phenoxy) is 3. The number of carbonyl (C=O) groups is 1. The fraction of sp³-hybridized carbons (Fsp3) is 0.444. The van der Waals surface area contributed by atoms with Crippen molar-refractivity contribution in [1.29, 1.82) is 0 Å². The third kappa shape index (κ3) is 4.45. The fourth-order valence-corrected chi connectivity index (χ4v) is 9.04. The highest BCUT2D eigenvalue weighted by molar-refractivity contribution is 6.03. The molecule has 3 unspecified atom stereocenters. The van der Waals surface area contributed by atoms with Gasteiger partial charge in [-0.05, 0) is 43.7 Å². The quantitative estimate of drug-likeness (QED) is 0.271. The van der Waals surface area contributed by atoms with Crippen molar-refractivity contribution in [2.24, 2.45) is 0 Å². The summed E-state index contributed by atoms with van der Waals surface area (Å²) in [7, 11) is 1.37. The Morgan fingerprint density at radius 1 is 1.12 bits per heavy atom. The number of aromatic nitrogens is 3. The number of methoxy groups -OCH3 is 1. The minimum Gasteiger partial charge on any atom is -0.475 e. The Morgan fingerprint density at radius 2 is 2.00 bits per heavy atom. The van der Waals surface area contributed by atoms with Crippen LogP contribution in [0.2, 0.25) is 0 Å². The molecule has 7 heterocycles. The highest BCUT2D eigenvalue weighted by Crippen LogP contribution is 2.46. The summed E-state index contributed by atoms with van der Waals surface area (Å²) in [5, 5.41) is 1.23. The molecule has 2 aromatic heterocycles. The first kappa shape index (κ1) is 30.2. The molecule has 2 bridgehead atoms. The van der Waals surface area contributed by atoms with E-state index in [1.165, 1.54) is 13.2 Å². The van der Waals surface area contributed by atoms with Crippen molar-refractivity contribution in [3.63, 3.8) is 0 Å². The first-order chi connectivity index (χ1) is 23.8. The number of hydrogen-bond donors (Lipinski definition) is 0. The van der Waals surface area contributed by atoms with Crippen LogP contribution in [0, 0.1) is 24.0 Å². The van der Waals surface area contributed by atoms with Crippen molar-refractivity contribution in [3.8, 4) is 35.5 Å². The van der Waals surface area contributed by atoms with Crippen molar-refractivity contribution in [3.05, 3.63) is 47.5 Å². The number of pyridine rings is 1. The summed E-state index contributed by atoms with van der Waals surface area (Å²) in [5.41, 5.74) is -0.387. The average molecular weight is 671 g/mol. The molecule has 0 saturated carbocycles. The summed E-state index contributed by atoms with van der Waals surface area (Å²) in [6.07, 6.45) is 7.96. The SMILES string of the molecule is C#Cc1c(F)ccc2cccc(-c3nc4c5c(nc(OC[C@@]67CCCN6C[C@H](F)C7)nc5c3F)N3CC5CCC(C3CO4)N5C(=O)OC)c12. The summed E-state index contributed by atoms with van der Waals surface area (Å²) in [6.45, 7) is 1.83. The van der Waals surface area contributed by atoms with Crippen LogP contribution in [0.3, 0.4) is 0 Å². The second kappa shape index (κ2) is 11.1. The summed E-state index contributed by atoms with van der Waals surface area (Å²) in [6, 6.07) is 7.21. The van der Waals surface area contributed by atoms with E-state index in [9.17, 15) is 13.6 Å². The molecule has 4 aromatic rings. The monoisotopic (exact) mass is 670 g/mol. The lowest BCUT2D eigenvalue weighted by Gasteiger charge is -2.45. The largest absolute Gasteiger partial charge is 0.475 e. The van der Waals surface area contributed by atoms with Crippen LogP contribution in [0.15, 0.2) is 30.3 Å². The molecule has 4 fully saturated rings. The number of nitrogens with zero attached hydrogens (tertiary/aromatic N) is 6. The van der Waals surface area contributed by atoms with Crippen molar-refractivity contribution in [2.45, 2.75) is 61.9 Å². The number of halogens is 3. The van der Waals surface area contributed by atoms with Crippen LogP contribution < -0.4 is 14.4 Å². The number of benzene rings is 2. The third-order valence-electron chi connectivity index (χ3n) is 11.2. The van der Waals surface area contributed by atoms with Gasteiger partial charge in [0, 0.05) is 30.5 Å². The van der Waals surface area contributed by atoms with Gasteiger partial charge in [0.05, 0.1) is 36.3 Å². The molecule has 5 atom stereocenters. The standard InChI is InChI=1S/C36H33F3N6O4/c1-3-22-24(38)10-8-19-6-4-7-23(27(19)22)30-29(39)31-28-32(42-34(41-31)49-18-36-12-5-13-43(36)15-20(37)14-36)44-16-21-9-11-25(45(21)35(46)47-2)26(44)17-48-33(28)40-30/h1,4,6-8,10,20-21,25-26H,5,9,11-18H2,2H3/t20-,21?,25?,26?,36+/m1/s1. The van der Waals surface area contributed by atoms with Crippen LogP contribution in [-0.4, -0.2) is 101 Å². The number of hydrogen-bond acceptors (Lipinski definition) is 9. The Kier molecular flexibility index (Phi) is 6.85. The van der Waals surface area contributed by atoms with Crippen molar-refractivity contribution >= 4 is 33.6 Å². The lowest BCUT2D eigenvalue weighted by atomic mass is 9.95. The zero-order valence-corrected chi connectivity index (χ0v) is 26.8. The van der Waals surface area contributed by atoms with Crippen LogP contribution in [0.5, 0.6) is 11.9 Å².